The summed E-state index contributed by atoms with van der Waals surface area (Å²) in [6.07, 6.45) is 0. The maximum atomic E-state index is 12.5. The van der Waals surface area contributed by atoms with Crippen molar-refractivity contribution in [2.75, 3.05) is 39.3 Å². The largest absolute Gasteiger partial charge is 0.348 e. The number of hydrogen-bond donors (Lipinski definition) is 1. The Bertz CT molecular complexity index is 767. The normalized spacial score (nSPS) is 17.0. The zero-order valence-electron chi connectivity index (χ0n) is 16.2. The van der Waals surface area contributed by atoms with Gasteiger partial charge < -0.3 is 10.2 Å². The van der Waals surface area contributed by atoms with Crippen LogP contribution < -0.4 is 5.32 Å². The molecule has 1 aliphatic heterocycles. The maximum Gasteiger partial charge on any atom is 0.291 e. The van der Waals surface area contributed by atoms with E-state index in [4.69, 9.17) is 11.6 Å². The molecule has 1 amide bonds. The summed E-state index contributed by atoms with van der Waals surface area (Å²) in [5.41, 5.74) is 0.825. The van der Waals surface area contributed by atoms with E-state index in [0.717, 1.165) is 38.4 Å². The molecule has 1 aliphatic rings. The van der Waals surface area contributed by atoms with Gasteiger partial charge in [-0.25, -0.2) is 9.67 Å². The van der Waals surface area contributed by atoms with E-state index in [9.17, 15) is 4.79 Å². The summed E-state index contributed by atoms with van der Waals surface area (Å²) < 4.78 is 1.65. The Labute approximate surface area is 165 Å². The van der Waals surface area contributed by atoms with Crippen LogP contribution in [0.4, 0.5) is 0 Å². The Morgan fingerprint density at radius 2 is 1.89 bits per heavy atom. The number of rotatable bonds is 6. The molecule has 27 heavy (non-hydrogen) atoms. The Kier molecular flexibility index (Phi) is 6.46. The number of aryl methyl sites for hydroxylation is 1. The smallest absolute Gasteiger partial charge is 0.291 e. The van der Waals surface area contributed by atoms with Gasteiger partial charge in [0.1, 0.15) is 5.82 Å². The van der Waals surface area contributed by atoms with Crippen LogP contribution in [-0.4, -0.2) is 75.8 Å². The fourth-order valence-electron chi connectivity index (χ4n) is 3.28. The molecular formula is C19H27ClN6O. The van der Waals surface area contributed by atoms with E-state index in [0.29, 0.717) is 17.4 Å². The summed E-state index contributed by atoms with van der Waals surface area (Å²) in [5, 5.41) is 7.98. The van der Waals surface area contributed by atoms with E-state index < -0.39 is 0 Å². The van der Waals surface area contributed by atoms with Crippen molar-refractivity contribution in [3.8, 4) is 5.69 Å². The molecule has 0 radical (unpaired) electrons. The second kappa shape index (κ2) is 8.82. The SMILES string of the molecule is CCN1CCN(C(C)CNC(=O)c2nc(C)n(-c3ccc(Cl)cc3)n2)CC1. The molecule has 3 rings (SSSR count). The van der Waals surface area contributed by atoms with Gasteiger partial charge in [-0.2, -0.15) is 0 Å². The molecule has 146 valence electrons. The molecule has 0 bridgehead atoms. The number of aromatic nitrogens is 3. The van der Waals surface area contributed by atoms with E-state index in [1.165, 1.54) is 0 Å². The minimum absolute atomic E-state index is 0.186. The van der Waals surface area contributed by atoms with Crippen molar-refractivity contribution in [1.82, 2.24) is 29.9 Å². The van der Waals surface area contributed by atoms with E-state index in [1.54, 1.807) is 16.8 Å². The highest BCUT2D eigenvalue weighted by molar-refractivity contribution is 6.30. The van der Waals surface area contributed by atoms with Gasteiger partial charge in [-0.05, 0) is 44.7 Å². The van der Waals surface area contributed by atoms with Crippen molar-refractivity contribution in [3.63, 3.8) is 0 Å². The molecule has 1 saturated heterocycles. The van der Waals surface area contributed by atoms with Crippen LogP contribution in [0.2, 0.25) is 5.02 Å². The highest BCUT2D eigenvalue weighted by Crippen LogP contribution is 2.14. The molecule has 2 aromatic rings. The van der Waals surface area contributed by atoms with Crippen LogP contribution >= 0.6 is 11.6 Å². The first kappa shape index (κ1) is 19.8. The minimum Gasteiger partial charge on any atom is -0.348 e. The van der Waals surface area contributed by atoms with Crippen LogP contribution in [0.1, 0.15) is 30.3 Å². The van der Waals surface area contributed by atoms with Gasteiger partial charge in [0, 0.05) is 43.8 Å². The molecule has 1 aromatic heterocycles. The van der Waals surface area contributed by atoms with Crippen molar-refractivity contribution in [2.24, 2.45) is 0 Å². The number of benzene rings is 1. The van der Waals surface area contributed by atoms with Gasteiger partial charge in [-0.1, -0.05) is 18.5 Å². The quantitative estimate of drug-likeness (QED) is 0.817. The summed E-state index contributed by atoms with van der Waals surface area (Å²) in [6, 6.07) is 7.57. The third-order valence-corrected chi connectivity index (χ3v) is 5.33. The Hall–Kier alpha value is -1.96. The number of nitrogens with zero attached hydrogens (tertiary/aromatic N) is 5. The second-order valence-corrected chi connectivity index (χ2v) is 7.34. The number of carbonyl (C=O) groups excluding carboxylic acids is 1. The van der Waals surface area contributed by atoms with Crippen LogP contribution in [0.15, 0.2) is 24.3 Å². The summed E-state index contributed by atoms with van der Waals surface area (Å²) in [6.45, 7) is 12.1. The lowest BCUT2D eigenvalue weighted by atomic mass is 10.2. The van der Waals surface area contributed by atoms with Gasteiger partial charge in [0.05, 0.1) is 5.69 Å². The number of likely N-dealkylation sites (N-methyl/N-ethyl adjacent to an activating group) is 1. The average molecular weight is 391 g/mol. The molecule has 8 heteroatoms. The van der Waals surface area contributed by atoms with Crippen molar-refractivity contribution < 1.29 is 4.79 Å². The summed E-state index contributed by atoms with van der Waals surface area (Å²) in [4.78, 5) is 21.6. The summed E-state index contributed by atoms with van der Waals surface area (Å²) in [7, 11) is 0. The Balaban J connectivity index is 1.57. The van der Waals surface area contributed by atoms with E-state index in [-0.39, 0.29) is 17.8 Å². The molecule has 7 nitrogen and oxygen atoms in total. The maximum absolute atomic E-state index is 12.5. The van der Waals surface area contributed by atoms with Gasteiger partial charge in [-0.15, -0.1) is 5.10 Å². The average Bonchev–Trinajstić information content (AvgIpc) is 3.08. The molecule has 1 N–H and O–H groups in total. The second-order valence-electron chi connectivity index (χ2n) is 6.90. The topological polar surface area (TPSA) is 66.3 Å². The number of carbonyl (C=O) groups is 1. The van der Waals surface area contributed by atoms with Crippen LogP contribution in [-0.2, 0) is 0 Å². The van der Waals surface area contributed by atoms with Crippen molar-refractivity contribution in [3.05, 3.63) is 40.9 Å². The van der Waals surface area contributed by atoms with Crippen LogP contribution in [0.25, 0.3) is 5.69 Å². The van der Waals surface area contributed by atoms with E-state index >= 15 is 0 Å². The molecule has 0 aliphatic carbocycles. The molecule has 0 spiro atoms. The Morgan fingerprint density at radius 1 is 1.22 bits per heavy atom. The molecule has 1 aromatic carbocycles. The van der Waals surface area contributed by atoms with Crippen molar-refractivity contribution in [1.29, 1.82) is 0 Å². The lowest BCUT2D eigenvalue weighted by molar-refractivity contribution is 0.0874. The minimum atomic E-state index is -0.246. The van der Waals surface area contributed by atoms with Gasteiger partial charge in [0.2, 0.25) is 5.82 Å². The molecule has 0 saturated carbocycles. The zero-order chi connectivity index (χ0) is 19.4. The van der Waals surface area contributed by atoms with Gasteiger partial charge in [0.15, 0.2) is 0 Å². The molecule has 1 unspecified atom stereocenters. The summed E-state index contributed by atoms with van der Waals surface area (Å²) >= 11 is 5.93. The van der Waals surface area contributed by atoms with Gasteiger partial charge in [-0.3, -0.25) is 9.69 Å². The highest BCUT2D eigenvalue weighted by Gasteiger charge is 2.21. The zero-order valence-corrected chi connectivity index (χ0v) is 16.9. The molecule has 1 fully saturated rings. The third-order valence-electron chi connectivity index (χ3n) is 5.08. The fourth-order valence-corrected chi connectivity index (χ4v) is 3.41. The number of amides is 1. The Morgan fingerprint density at radius 3 is 2.52 bits per heavy atom. The van der Waals surface area contributed by atoms with Gasteiger partial charge >= 0.3 is 0 Å². The fraction of sp³-hybridized carbons (Fsp3) is 0.526. The molecule has 2 heterocycles. The van der Waals surface area contributed by atoms with E-state index in [2.05, 4.69) is 39.0 Å². The van der Waals surface area contributed by atoms with Crippen LogP contribution in [0.5, 0.6) is 0 Å². The first-order valence-corrected chi connectivity index (χ1v) is 9.80. The highest BCUT2D eigenvalue weighted by atomic mass is 35.5. The number of halogens is 1. The predicted molar refractivity (Wildman–Crippen MR) is 107 cm³/mol. The van der Waals surface area contributed by atoms with E-state index in [1.807, 2.05) is 19.1 Å². The standard InChI is InChI=1S/C19H27ClN6O/c1-4-24-9-11-25(12-10-24)14(2)13-21-19(27)18-22-15(3)26(23-18)17-7-5-16(20)6-8-17/h5-8,14H,4,9-13H2,1-3H3,(H,21,27). The monoisotopic (exact) mass is 390 g/mol. The molecule has 1 atom stereocenters. The third kappa shape index (κ3) is 4.86. The van der Waals surface area contributed by atoms with Crippen LogP contribution in [0, 0.1) is 6.92 Å². The number of hydrogen-bond acceptors (Lipinski definition) is 5. The first-order valence-electron chi connectivity index (χ1n) is 9.42. The van der Waals surface area contributed by atoms with Crippen molar-refractivity contribution >= 4 is 17.5 Å². The van der Waals surface area contributed by atoms with Crippen LogP contribution in [0.3, 0.4) is 0 Å². The molecular weight excluding hydrogens is 364 g/mol. The van der Waals surface area contributed by atoms with Crippen molar-refractivity contribution in [2.45, 2.75) is 26.8 Å². The first-order chi connectivity index (χ1) is 13.0. The summed E-state index contributed by atoms with van der Waals surface area (Å²) in [5.74, 6) is 0.599. The number of nitrogens with one attached hydrogen (secondary N) is 1. The lowest BCUT2D eigenvalue weighted by Gasteiger charge is -2.37. The lowest BCUT2D eigenvalue weighted by Crippen LogP contribution is -2.52. The van der Waals surface area contributed by atoms with Gasteiger partial charge in [0.25, 0.3) is 5.91 Å². The number of piperazine rings is 1. The predicted octanol–water partition coefficient (Wildman–Crippen LogP) is 1.98.